The highest BCUT2D eigenvalue weighted by Gasteiger charge is 2.27. The van der Waals surface area contributed by atoms with E-state index in [0.29, 0.717) is 54.1 Å². The molecule has 3 aromatic rings. The molecule has 0 unspecified atom stereocenters. The van der Waals surface area contributed by atoms with Crippen LogP contribution in [-0.4, -0.2) is 52.9 Å². The van der Waals surface area contributed by atoms with Crippen molar-refractivity contribution in [2.45, 2.75) is 89.1 Å². The highest BCUT2D eigenvalue weighted by atomic mass is 16.5. The number of carbonyl (C=O) groups is 3. The summed E-state index contributed by atoms with van der Waals surface area (Å²) in [4.78, 5) is 40.8. The van der Waals surface area contributed by atoms with Gasteiger partial charge in [-0.2, -0.15) is 0 Å². The number of nitrogens with one attached hydrogen (secondary N) is 1. The van der Waals surface area contributed by atoms with Crippen LogP contribution in [0, 0.1) is 5.92 Å². The predicted octanol–water partition coefficient (Wildman–Crippen LogP) is 7.54. The first-order valence-corrected chi connectivity index (χ1v) is 16.7. The topological polar surface area (TPSA) is 95.9 Å². The fourth-order valence-corrected chi connectivity index (χ4v) is 6.83. The first-order chi connectivity index (χ1) is 22.0. The monoisotopic (exact) mass is 610 g/mol. The van der Waals surface area contributed by atoms with Gasteiger partial charge in [0.05, 0.1) is 6.54 Å². The molecule has 0 aliphatic heterocycles. The molecule has 238 valence electrons. The van der Waals surface area contributed by atoms with Gasteiger partial charge in [0.1, 0.15) is 18.4 Å². The second kappa shape index (κ2) is 16.3. The van der Waals surface area contributed by atoms with Crippen LogP contribution >= 0.6 is 0 Å². The first kappa shape index (κ1) is 32.3. The van der Waals surface area contributed by atoms with E-state index in [4.69, 9.17) is 4.74 Å². The number of hydrogen-bond donors (Lipinski definition) is 2. The summed E-state index contributed by atoms with van der Waals surface area (Å²) < 4.78 is 6.08. The summed E-state index contributed by atoms with van der Waals surface area (Å²) in [7, 11) is 0. The summed E-state index contributed by atoms with van der Waals surface area (Å²) in [5.41, 5.74) is 2.29. The number of para-hydroxylation sites is 1. The standard InChI is InChI=1S/C38H46N2O5/c41-36(24-21-28-11-7-8-12-28)40(31-15-5-2-6-16-31)25-26-45-32-22-19-29(20-23-32)27-35(38(43)44)39-34-18-10-9-17-33(34)37(42)30-13-3-1-4-14-30/h1,3-4,9-10,13-14,17-20,22-23,28,31,35,39H,2,5-8,11-12,15-16,21,24-27H2,(H,43,44)/t35-/m0/s1. The van der Waals surface area contributed by atoms with Gasteiger partial charge >= 0.3 is 5.97 Å². The van der Waals surface area contributed by atoms with Crippen molar-refractivity contribution in [3.63, 3.8) is 0 Å². The quantitative estimate of drug-likeness (QED) is 0.173. The molecule has 2 saturated carbocycles. The Morgan fingerprint density at radius 1 is 0.822 bits per heavy atom. The largest absolute Gasteiger partial charge is 0.492 e. The van der Waals surface area contributed by atoms with Crippen LogP contribution in [0.25, 0.3) is 0 Å². The Balaban J connectivity index is 1.16. The Bertz CT molecular complexity index is 1400. The number of hydrogen-bond acceptors (Lipinski definition) is 5. The SMILES string of the molecule is O=C(c1ccccc1)c1ccccc1N[C@@H](Cc1ccc(OCCN(C(=O)CCC2CCCC2)C2CCCCC2)cc1)C(=O)O. The van der Waals surface area contributed by atoms with Gasteiger partial charge < -0.3 is 20.1 Å². The van der Waals surface area contributed by atoms with E-state index in [9.17, 15) is 19.5 Å². The van der Waals surface area contributed by atoms with Crippen LogP contribution in [0.1, 0.15) is 92.1 Å². The molecule has 0 saturated heterocycles. The van der Waals surface area contributed by atoms with Crippen molar-refractivity contribution < 1.29 is 24.2 Å². The lowest BCUT2D eigenvalue weighted by molar-refractivity contribution is -0.138. The van der Waals surface area contributed by atoms with Crippen LogP contribution in [0.4, 0.5) is 5.69 Å². The van der Waals surface area contributed by atoms with E-state index in [1.54, 1.807) is 48.5 Å². The van der Waals surface area contributed by atoms with Gasteiger partial charge in [-0.3, -0.25) is 9.59 Å². The molecule has 0 aromatic heterocycles. The van der Waals surface area contributed by atoms with E-state index in [-0.39, 0.29) is 18.1 Å². The van der Waals surface area contributed by atoms with Crippen molar-refractivity contribution in [3.8, 4) is 5.75 Å². The fraction of sp³-hybridized carbons (Fsp3) is 0.447. The summed E-state index contributed by atoms with van der Waals surface area (Å²) in [5, 5.41) is 13.1. The number of aliphatic carboxylic acids is 1. The molecule has 3 aromatic carbocycles. The van der Waals surface area contributed by atoms with Crippen molar-refractivity contribution in [2.75, 3.05) is 18.5 Å². The van der Waals surface area contributed by atoms with Gasteiger partial charge in [0.2, 0.25) is 5.91 Å². The maximum Gasteiger partial charge on any atom is 0.326 e. The Morgan fingerprint density at radius 2 is 1.49 bits per heavy atom. The summed E-state index contributed by atoms with van der Waals surface area (Å²) in [6, 6.07) is 22.8. The minimum Gasteiger partial charge on any atom is -0.492 e. The predicted molar refractivity (Wildman–Crippen MR) is 177 cm³/mol. The third-order valence-corrected chi connectivity index (χ3v) is 9.38. The van der Waals surface area contributed by atoms with Crippen LogP contribution < -0.4 is 10.1 Å². The molecular formula is C38H46N2O5. The summed E-state index contributed by atoms with van der Waals surface area (Å²) in [5.74, 6) is 0.505. The lowest BCUT2D eigenvalue weighted by Gasteiger charge is -2.34. The molecule has 1 atom stereocenters. The van der Waals surface area contributed by atoms with Gasteiger partial charge in [-0.05, 0) is 55.0 Å². The number of anilines is 1. The number of benzene rings is 3. The van der Waals surface area contributed by atoms with E-state index >= 15 is 0 Å². The van der Waals surface area contributed by atoms with Crippen LogP contribution in [-0.2, 0) is 16.0 Å². The van der Waals surface area contributed by atoms with Crippen molar-refractivity contribution >= 4 is 23.3 Å². The molecule has 7 heteroatoms. The van der Waals surface area contributed by atoms with Gasteiger partial charge in [0.15, 0.2) is 5.78 Å². The maximum absolute atomic E-state index is 13.3. The molecule has 7 nitrogen and oxygen atoms in total. The van der Waals surface area contributed by atoms with Crippen molar-refractivity contribution in [1.29, 1.82) is 0 Å². The zero-order chi connectivity index (χ0) is 31.4. The maximum atomic E-state index is 13.3. The van der Waals surface area contributed by atoms with Crippen LogP contribution in [0.5, 0.6) is 5.75 Å². The average molecular weight is 611 g/mol. The molecule has 2 aliphatic carbocycles. The number of rotatable bonds is 15. The summed E-state index contributed by atoms with van der Waals surface area (Å²) in [6.07, 6.45) is 12.8. The molecular weight excluding hydrogens is 564 g/mol. The van der Waals surface area contributed by atoms with E-state index in [1.807, 2.05) is 30.3 Å². The van der Waals surface area contributed by atoms with E-state index in [2.05, 4.69) is 10.2 Å². The van der Waals surface area contributed by atoms with Gasteiger partial charge in [0.25, 0.3) is 0 Å². The Hall–Kier alpha value is -4.13. The smallest absolute Gasteiger partial charge is 0.326 e. The number of nitrogens with zero attached hydrogens (tertiary/aromatic N) is 1. The molecule has 2 N–H and O–H groups in total. The number of carbonyl (C=O) groups excluding carboxylic acids is 2. The van der Waals surface area contributed by atoms with Crippen LogP contribution in [0.2, 0.25) is 0 Å². The van der Waals surface area contributed by atoms with Gasteiger partial charge in [-0.15, -0.1) is 0 Å². The molecule has 0 heterocycles. The number of ether oxygens (including phenoxy) is 1. The summed E-state index contributed by atoms with van der Waals surface area (Å²) >= 11 is 0. The van der Waals surface area contributed by atoms with Crippen LogP contribution in [0.15, 0.2) is 78.9 Å². The van der Waals surface area contributed by atoms with Crippen molar-refractivity contribution in [2.24, 2.45) is 5.92 Å². The third kappa shape index (κ3) is 9.19. The Labute approximate surface area is 267 Å². The normalized spacial score (nSPS) is 16.2. The molecule has 2 aliphatic rings. The van der Waals surface area contributed by atoms with Gasteiger partial charge in [0, 0.05) is 35.7 Å². The number of amides is 1. The van der Waals surface area contributed by atoms with Crippen molar-refractivity contribution in [1.82, 2.24) is 4.90 Å². The van der Waals surface area contributed by atoms with Crippen LogP contribution in [0.3, 0.4) is 0 Å². The van der Waals surface area contributed by atoms with E-state index in [1.165, 1.54) is 44.9 Å². The molecule has 0 radical (unpaired) electrons. The minimum atomic E-state index is -1.00. The van der Waals surface area contributed by atoms with Gasteiger partial charge in [-0.25, -0.2) is 4.79 Å². The second-order valence-electron chi connectivity index (χ2n) is 12.5. The molecule has 0 spiro atoms. The lowest BCUT2D eigenvalue weighted by Crippen LogP contribution is -2.43. The molecule has 1 amide bonds. The van der Waals surface area contributed by atoms with E-state index < -0.39 is 12.0 Å². The molecule has 5 rings (SSSR count). The molecule has 0 bridgehead atoms. The van der Waals surface area contributed by atoms with Gasteiger partial charge in [-0.1, -0.05) is 99.5 Å². The minimum absolute atomic E-state index is 0.165. The zero-order valence-electron chi connectivity index (χ0n) is 26.2. The number of ketones is 1. The lowest BCUT2D eigenvalue weighted by atomic mass is 9.93. The number of carboxylic acids is 1. The Kier molecular flexibility index (Phi) is 11.7. The third-order valence-electron chi connectivity index (χ3n) is 9.38. The first-order valence-electron chi connectivity index (χ1n) is 16.7. The highest BCUT2D eigenvalue weighted by molar-refractivity contribution is 6.12. The highest BCUT2D eigenvalue weighted by Crippen LogP contribution is 2.30. The number of carboxylic acid groups (broad SMARTS) is 1. The molecule has 2 fully saturated rings. The second-order valence-corrected chi connectivity index (χ2v) is 12.5. The van der Waals surface area contributed by atoms with E-state index in [0.717, 1.165) is 24.8 Å². The molecule has 45 heavy (non-hydrogen) atoms. The Morgan fingerprint density at radius 3 is 2.20 bits per heavy atom. The zero-order valence-corrected chi connectivity index (χ0v) is 26.2. The van der Waals surface area contributed by atoms with Crippen molar-refractivity contribution in [3.05, 3.63) is 95.6 Å². The fourth-order valence-electron chi connectivity index (χ4n) is 6.83. The average Bonchev–Trinajstić information content (AvgIpc) is 3.61. The summed E-state index contributed by atoms with van der Waals surface area (Å²) in [6.45, 7) is 1.01.